The van der Waals surface area contributed by atoms with Crippen molar-refractivity contribution in [1.29, 1.82) is 0 Å². The maximum atomic E-state index is 13.6. The molecule has 2 N–H and O–H groups in total. The number of aromatic nitrogens is 2. The van der Waals surface area contributed by atoms with Gasteiger partial charge < -0.3 is 14.8 Å². The summed E-state index contributed by atoms with van der Waals surface area (Å²) in [6, 6.07) is 10.4. The fourth-order valence-corrected chi connectivity index (χ4v) is 4.57. The molecule has 2 unspecified atom stereocenters. The second-order valence-electron chi connectivity index (χ2n) is 9.60. The molecule has 0 spiro atoms. The maximum absolute atomic E-state index is 13.6. The molecule has 6 nitrogen and oxygen atoms in total. The Morgan fingerprint density at radius 1 is 1.03 bits per heavy atom. The zero-order valence-corrected chi connectivity index (χ0v) is 19.9. The van der Waals surface area contributed by atoms with Crippen LogP contribution >= 0.6 is 0 Å². The fourth-order valence-electron chi connectivity index (χ4n) is 3.23. The van der Waals surface area contributed by atoms with Crippen LogP contribution in [0.1, 0.15) is 64.6 Å². The Morgan fingerprint density at radius 3 is 2.16 bits per heavy atom. The molecule has 0 saturated carbocycles. The highest BCUT2D eigenvalue weighted by Gasteiger charge is 2.30. The zero-order valence-electron chi connectivity index (χ0n) is 19.1. The van der Waals surface area contributed by atoms with Gasteiger partial charge in [0.05, 0.1) is 33.7 Å². The van der Waals surface area contributed by atoms with Crippen molar-refractivity contribution in [2.24, 2.45) is 0 Å². The van der Waals surface area contributed by atoms with Crippen LogP contribution in [0, 0.1) is 0 Å². The summed E-state index contributed by atoms with van der Waals surface area (Å²) in [7, 11) is 0.0482. The van der Waals surface area contributed by atoms with E-state index in [0.717, 1.165) is 0 Å². The minimum absolute atomic E-state index is 0.285. The van der Waals surface area contributed by atoms with Gasteiger partial charge in [0.15, 0.2) is 0 Å². The molecule has 0 fully saturated rings. The summed E-state index contributed by atoms with van der Waals surface area (Å²) in [6.07, 6.45) is -1.03. The quantitative estimate of drug-likeness (QED) is 0.631. The smallest absolute Gasteiger partial charge is 0.258 e. The molecule has 1 aromatic heterocycles. The number of aliphatic hydroxyl groups excluding tert-OH is 1. The van der Waals surface area contributed by atoms with E-state index in [1.54, 1.807) is 43.5 Å². The number of H-pyrrole nitrogens is 1. The van der Waals surface area contributed by atoms with Gasteiger partial charge in [-0.25, -0.2) is 4.98 Å². The van der Waals surface area contributed by atoms with Crippen LogP contribution in [0.3, 0.4) is 0 Å². The first kappa shape index (κ1) is 23.2. The average molecular weight is 443 g/mol. The number of aromatic amines is 1. The molecule has 0 saturated heterocycles. The first-order valence-corrected chi connectivity index (χ1v) is 11.3. The molecule has 2 aromatic carbocycles. The number of hydrogen-bond donors (Lipinski definition) is 2. The van der Waals surface area contributed by atoms with Gasteiger partial charge in [0, 0.05) is 15.7 Å². The number of nitrogens with one attached hydrogen (secondary N) is 1. The number of fused-ring (bicyclic) bond motifs is 1. The lowest BCUT2D eigenvalue weighted by atomic mass is 9.95. The zero-order chi connectivity index (χ0) is 23.1. The van der Waals surface area contributed by atoms with Crippen LogP contribution < -0.4 is 10.3 Å². The summed E-state index contributed by atoms with van der Waals surface area (Å²) in [5, 5.41) is 11.6. The molecule has 0 bridgehead atoms. The molecule has 3 aromatic rings. The Labute approximate surface area is 185 Å². The molecular weight excluding hydrogens is 412 g/mol. The van der Waals surface area contributed by atoms with Crippen LogP contribution in [0.4, 0.5) is 0 Å². The summed E-state index contributed by atoms with van der Waals surface area (Å²) in [5.74, 6) is 1.18. The van der Waals surface area contributed by atoms with Gasteiger partial charge in [-0.15, -0.1) is 0 Å². The van der Waals surface area contributed by atoms with Crippen molar-refractivity contribution in [1.82, 2.24) is 9.97 Å². The normalized spacial score (nSPS) is 14.5. The highest BCUT2D eigenvalue weighted by Crippen LogP contribution is 2.35. The molecule has 0 aliphatic carbocycles. The highest BCUT2D eigenvalue weighted by atomic mass is 32.2. The first-order valence-electron chi connectivity index (χ1n) is 10.2. The van der Waals surface area contributed by atoms with Gasteiger partial charge in [-0.1, -0.05) is 39.0 Å². The van der Waals surface area contributed by atoms with Crippen LogP contribution in [-0.4, -0.2) is 31.1 Å². The van der Waals surface area contributed by atoms with E-state index in [-0.39, 0.29) is 5.56 Å². The van der Waals surface area contributed by atoms with Gasteiger partial charge in [0.2, 0.25) is 0 Å². The third-order valence-electron chi connectivity index (χ3n) is 5.04. The highest BCUT2D eigenvalue weighted by molar-refractivity contribution is 7.86. The van der Waals surface area contributed by atoms with Crippen LogP contribution in [0.15, 0.2) is 46.1 Å². The van der Waals surface area contributed by atoms with Crippen molar-refractivity contribution < 1.29 is 14.1 Å². The monoisotopic (exact) mass is 442 g/mol. The number of rotatable bonds is 4. The van der Waals surface area contributed by atoms with E-state index in [0.29, 0.717) is 38.5 Å². The van der Waals surface area contributed by atoms with E-state index >= 15 is 0 Å². The fraction of sp³-hybridized carbons (Fsp3) is 0.417. The van der Waals surface area contributed by atoms with Gasteiger partial charge in [0.25, 0.3) is 5.56 Å². The summed E-state index contributed by atoms with van der Waals surface area (Å²) >= 11 is 0. The van der Waals surface area contributed by atoms with Crippen LogP contribution in [0.25, 0.3) is 10.9 Å². The number of ether oxygens (including phenoxy) is 1. The third kappa shape index (κ3) is 4.57. The minimum atomic E-state index is -1.53. The lowest BCUT2D eigenvalue weighted by Gasteiger charge is -2.24. The van der Waals surface area contributed by atoms with Crippen molar-refractivity contribution >= 4 is 21.7 Å². The average Bonchev–Trinajstić information content (AvgIpc) is 2.70. The molecule has 2 atom stereocenters. The minimum Gasteiger partial charge on any atom is -0.497 e. The molecule has 7 heteroatoms. The standard InChI is InChI=1S/C24H30N2O4S/c1-23(2,3)22-25-18-16(21(28)26-22)12-13-17(20(18)31(29)24(4,5)6)19(27)14-8-10-15(30-7)11-9-14/h8-13,19,27H,1-7H3,(H,25,26,28). The number of aliphatic hydroxyl groups is 1. The van der Waals surface area contributed by atoms with Crippen molar-refractivity contribution in [2.45, 2.75) is 62.7 Å². The third-order valence-corrected chi connectivity index (χ3v) is 6.95. The topological polar surface area (TPSA) is 92.3 Å². The second kappa shape index (κ2) is 8.20. The Bertz CT molecular complexity index is 1190. The van der Waals surface area contributed by atoms with Gasteiger partial charge in [-0.2, -0.15) is 0 Å². The largest absolute Gasteiger partial charge is 0.497 e. The Balaban J connectivity index is 2.34. The molecule has 3 rings (SSSR count). The maximum Gasteiger partial charge on any atom is 0.258 e. The van der Waals surface area contributed by atoms with Gasteiger partial charge in [-0.05, 0) is 44.5 Å². The van der Waals surface area contributed by atoms with E-state index < -0.39 is 27.1 Å². The van der Waals surface area contributed by atoms with Crippen molar-refractivity contribution in [3.8, 4) is 5.75 Å². The van der Waals surface area contributed by atoms with Crippen LogP contribution in [0.2, 0.25) is 0 Å². The summed E-state index contributed by atoms with van der Waals surface area (Å²) in [5.41, 5.74) is 0.787. The molecule has 0 aliphatic heterocycles. The SMILES string of the molecule is COc1ccc(C(O)c2ccc3c(=O)[nH]c(C(C)(C)C)nc3c2S(=O)C(C)(C)C)cc1. The van der Waals surface area contributed by atoms with E-state index in [9.17, 15) is 14.1 Å². The molecule has 0 radical (unpaired) electrons. The predicted molar refractivity (Wildman–Crippen MR) is 124 cm³/mol. The molecular formula is C24H30N2O4S. The van der Waals surface area contributed by atoms with Crippen molar-refractivity contribution in [3.05, 3.63) is 63.7 Å². The molecule has 0 amide bonds. The lowest BCUT2D eigenvalue weighted by Crippen LogP contribution is -2.26. The van der Waals surface area contributed by atoms with E-state index in [1.807, 2.05) is 41.5 Å². The first-order chi connectivity index (χ1) is 14.3. The Kier molecular flexibility index (Phi) is 6.13. The van der Waals surface area contributed by atoms with Crippen LogP contribution in [0.5, 0.6) is 5.75 Å². The van der Waals surface area contributed by atoms with Crippen molar-refractivity contribution in [3.63, 3.8) is 0 Å². The van der Waals surface area contributed by atoms with Gasteiger partial charge >= 0.3 is 0 Å². The number of methoxy groups -OCH3 is 1. The van der Waals surface area contributed by atoms with Crippen LogP contribution in [-0.2, 0) is 16.2 Å². The molecule has 166 valence electrons. The van der Waals surface area contributed by atoms with E-state index in [1.165, 1.54) is 0 Å². The molecule has 0 aliphatic rings. The number of benzene rings is 2. The van der Waals surface area contributed by atoms with Gasteiger partial charge in [-0.3, -0.25) is 9.00 Å². The summed E-state index contributed by atoms with van der Waals surface area (Å²) in [4.78, 5) is 20.8. The second-order valence-corrected chi connectivity index (χ2v) is 11.8. The van der Waals surface area contributed by atoms with Gasteiger partial charge in [0.1, 0.15) is 17.7 Å². The Hall–Kier alpha value is -2.51. The molecule has 1 heterocycles. The number of hydrogen-bond acceptors (Lipinski definition) is 5. The summed E-state index contributed by atoms with van der Waals surface area (Å²) < 4.78 is 18.2. The summed E-state index contributed by atoms with van der Waals surface area (Å²) in [6.45, 7) is 11.4. The lowest BCUT2D eigenvalue weighted by molar-refractivity contribution is 0.217. The van der Waals surface area contributed by atoms with Crippen molar-refractivity contribution in [2.75, 3.05) is 7.11 Å². The predicted octanol–water partition coefficient (Wildman–Crippen LogP) is 4.22. The Morgan fingerprint density at radius 2 is 1.65 bits per heavy atom. The van der Waals surface area contributed by atoms with E-state index in [4.69, 9.17) is 9.72 Å². The molecule has 31 heavy (non-hydrogen) atoms. The van der Waals surface area contributed by atoms with E-state index in [2.05, 4.69) is 4.98 Å². The number of nitrogens with zero attached hydrogens (tertiary/aromatic N) is 1.